The van der Waals surface area contributed by atoms with Gasteiger partial charge >= 0.3 is 11.8 Å². The monoisotopic (exact) mass is 470 g/mol. The summed E-state index contributed by atoms with van der Waals surface area (Å²) in [5.41, 5.74) is 0. The van der Waals surface area contributed by atoms with Crippen LogP contribution < -0.4 is 4.74 Å². The van der Waals surface area contributed by atoms with E-state index in [9.17, 15) is 19.2 Å². The lowest BCUT2D eigenvalue weighted by Crippen LogP contribution is -2.55. The third-order valence-corrected chi connectivity index (χ3v) is 6.98. The van der Waals surface area contributed by atoms with Crippen LogP contribution in [0.2, 0.25) is 0 Å². The Balaban J connectivity index is 1.15. The van der Waals surface area contributed by atoms with Crippen molar-refractivity contribution >= 4 is 23.6 Å². The molecule has 3 aliphatic rings. The minimum absolute atomic E-state index is 0.0524. The van der Waals surface area contributed by atoms with E-state index in [0.717, 1.165) is 18.6 Å². The van der Waals surface area contributed by atoms with Crippen LogP contribution in [-0.4, -0.2) is 102 Å². The molecule has 184 valence electrons. The van der Waals surface area contributed by atoms with Gasteiger partial charge in [-0.3, -0.25) is 19.2 Å². The van der Waals surface area contributed by atoms with Crippen LogP contribution in [-0.2, 0) is 19.2 Å². The lowest BCUT2D eigenvalue weighted by molar-refractivity contribution is -0.153. The van der Waals surface area contributed by atoms with Crippen molar-refractivity contribution in [2.45, 2.75) is 32.1 Å². The van der Waals surface area contributed by atoms with E-state index >= 15 is 0 Å². The Hall–Kier alpha value is -3.10. The number of likely N-dealkylation sites (tertiary alicyclic amines) is 2. The zero-order valence-corrected chi connectivity index (χ0v) is 19.7. The normalized spacial score (nSPS) is 19.3. The molecular formula is C25H34N4O5. The van der Waals surface area contributed by atoms with E-state index < -0.39 is 11.8 Å². The fraction of sp³-hybridized carbons (Fsp3) is 0.600. The maximum absolute atomic E-state index is 13.0. The molecule has 0 saturated carbocycles. The van der Waals surface area contributed by atoms with Crippen LogP contribution in [0.25, 0.3) is 0 Å². The van der Waals surface area contributed by atoms with Crippen LogP contribution >= 0.6 is 0 Å². The van der Waals surface area contributed by atoms with Crippen LogP contribution in [0.4, 0.5) is 0 Å². The number of hydrogen-bond donors (Lipinski definition) is 0. The number of piperidine rings is 1. The summed E-state index contributed by atoms with van der Waals surface area (Å²) < 4.78 is 5.62. The summed E-state index contributed by atoms with van der Waals surface area (Å²) in [7, 11) is 0. The second kappa shape index (κ2) is 11.4. The van der Waals surface area contributed by atoms with Gasteiger partial charge in [-0.25, -0.2) is 0 Å². The fourth-order valence-electron chi connectivity index (χ4n) is 4.89. The van der Waals surface area contributed by atoms with Crippen LogP contribution in [0, 0.1) is 5.92 Å². The number of para-hydroxylation sites is 1. The van der Waals surface area contributed by atoms with Crippen LogP contribution in [0.15, 0.2) is 30.3 Å². The van der Waals surface area contributed by atoms with Gasteiger partial charge in [-0.15, -0.1) is 0 Å². The first-order valence-corrected chi connectivity index (χ1v) is 12.4. The summed E-state index contributed by atoms with van der Waals surface area (Å²) in [5, 5.41) is 0. The van der Waals surface area contributed by atoms with Crippen molar-refractivity contribution in [1.82, 2.24) is 19.6 Å². The molecule has 9 heteroatoms. The molecule has 0 atom stereocenters. The second-order valence-electron chi connectivity index (χ2n) is 9.18. The summed E-state index contributed by atoms with van der Waals surface area (Å²) in [4.78, 5) is 57.2. The maximum Gasteiger partial charge on any atom is 0.312 e. The maximum atomic E-state index is 13.0. The molecule has 0 radical (unpaired) electrons. The van der Waals surface area contributed by atoms with Crippen LogP contribution in [0.5, 0.6) is 5.75 Å². The number of piperazine rings is 1. The topological polar surface area (TPSA) is 90.5 Å². The molecule has 9 nitrogen and oxygen atoms in total. The molecule has 34 heavy (non-hydrogen) atoms. The number of benzene rings is 1. The van der Waals surface area contributed by atoms with Crippen molar-refractivity contribution in [3.63, 3.8) is 0 Å². The number of carbonyl (C=O) groups is 4. The lowest BCUT2D eigenvalue weighted by Gasteiger charge is -2.38. The lowest BCUT2D eigenvalue weighted by atomic mass is 9.94. The molecule has 4 amide bonds. The minimum atomic E-state index is -0.447. The third kappa shape index (κ3) is 5.87. The Bertz CT molecular complexity index is 871. The zero-order valence-electron chi connectivity index (χ0n) is 19.7. The summed E-state index contributed by atoms with van der Waals surface area (Å²) in [6, 6.07) is 9.43. The highest BCUT2D eigenvalue weighted by Crippen LogP contribution is 2.21. The number of ether oxygens (including phenoxy) is 1. The number of rotatable bonds is 5. The van der Waals surface area contributed by atoms with Crippen molar-refractivity contribution in [3.8, 4) is 5.75 Å². The van der Waals surface area contributed by atoms with E-state index in [1.54, 1.807) is 14.7 Å². The van der Waals surface area contributed by atoms with Gasteiger partial charge in [-0.1, -0.05) is 18.2 Å². The van der Waals surface area contributed by atoms with Gasteiger partial charge in [0, 0.05) is 58.3 Å². The van der Waals surface area contributed by atoms with Crippen molar-refractivity contribution in [2.24, 2.45) is 5.92 Å². The van der Waals surface area contributed by atoms with E-state index in [0.29, 0.717) is 78.2 Å². The molecule has 3 heterocycles. The predicted octanol–water partition coefficient (Wildman–Crippen LogP) is 0.987. The molecule has 0 aliphatic carbocycles. The van der Waals surface area contributed by atoms with Gasteiger partial charge in [-0.2, -0.15) is 0 Å². The minimum Gasteiger partial charge on any atom is -0.493 e. The molecule has 0 N–H and O–H groups in total. The first-order valence-electron chi connectivity index (χ1n) is 12.4. The Kier molecular flexibility index (Phi) is 8.03. The number of carbonyl (C=O) groups excluding carboxylic acids is 4. The van der Waals surface area contributed by atoms with Crippen LogP contribution in [0.1, 0.15) is 32.1 Å². The summed E-state index contributed by atoms with van der Waals surface area (Å²) >= 11 is 0. The van der Waals surface area contributed by atoms with Crippen molar-refractivity contribution in [1.29, 1.82) is 0 Å². The average Bonchev–Trinajstić information content (AvgIpc) is 3.43. The van der Waals surface area contributed by atoms with E-state index in [1.165, 1.54) is 0 Å². The highest BCUT2D eigenvalue weighted by Gasteiger charge is 2.34. The van der Waals surface area contributed by atoms with Gasteiger partial charge in [0.05, 0.1) is 13.0 Å². The molecule has 0 unspecified atom stereocenters. The SMILES string of the molecule is O=C(CCOc1ccccc1)N1CCC(C(=O)N2CCN(C(=O)C(=O)N3CCCC3)CC2)CC1. The van der Waals surface area contributed by atoms with Gasteiger partial charge in [0.1, 0.15) is 5.75 Å². The molecule has 3 aliphatic heterocycles. The molecule has 3 fully saturated rings. The summed E-state index contributed by atoms with van der Waals surface area (Å²) in [6.45, 7) is 4.49. The molecule has 3 saturated heterocycles. The Morgan fingerprint density at radius 2 is 1.26 bits per heavy atom. The first-order chi connectivity index (χ1) is 16.5. The van der Waals surface area contributed by atoms with E-state index in [1.807, 2.05) is 35.2 Å². The molecule has 0 aromatic heterocycles. The summed E-state index contributed by atoms with van der Waals surface area (Å²) in [6.07, 6.45) is 3.52. The van der Waals surface area contributed by atoms with Crippen molar-refractivity contribution in [3.05, 3.63) is 30.3 Å². The van der Waals surface area contributed by atoms with Gasteiger partial charge in [0.25, 0.3) is 0 Å². The zero-order chi connectivity index (χ0) is 23.9. The van der Waals surface area contributed by atoms with E-state index in [2.05, 4.69) is 0 Å². The van der Waals surface area contributed by atoms with Gasteiger partial charge < -0.3 is 24.3 Å². The fourth-order valence-corrected chi connectivity index (χ4v) is 4.89. The van der Waals surface area contributed by atoms with Crippen molar-refractivity contribution in [2.75, 3.05) is 59.0 Å². The highest BCUT2D eigenvalue weighted by molar-refractivity contribution is 6.35. The van der Waals surface area contributed by atoms with Gasteiger partial charge in [-0.05, 0) is 37.8 Å². The first kappa shape index (κ1) is 24.0. The molecule has 0 bridgehead atoms. The van der Waals surface area contributed by atoms with E-state index in [-0.39, 0.29) is 17.7 Å². The number of hydrogen-bond acceptors (Lipinski definition) is 5. The number of amides is 4. The molecular weight excluding hydrogens is 436 g/mol. The third-order valence-electron chi connectivity index (χ3n) is 6.98. The second-order valence-corrected chi connectivity index (χ2v) is 9.18. The smallest absolute Gasteiger partial charge is 0.312 e. The molecule has 4 rings (SSSR count). The van der Waals surface area contributed by atoms with Crippen LogP contribution in [0.3, 0.4) is 0 Å². The standard InChI is InChI=1S/C25H34N4O5/c30-22(10-19-34-21-6-2-1-3-7-21)26-13-8-20(9-14-26)23(31)28-15-17-29(18-16-28)25(33)24(32)27-11-4-5-12-27/h1-3,6-7,20H,4-5,8-19H2. The predicted molar refractivity (Wildman–Crippen MR) is 125 cm³/mol. The highest BCUT2D eigenvalue weighted by atomic mass is 16.5. The largest absolute Gasteiger partial charge is 0.493 e. The molecule has 1 aromatic carbocycles. The Labute approximate surface area is 200 Å². The van der Waals surface area contributed by atoms with E-state index in [4.69, 9.17) is 4.74 Å². The van der Waals surface area contributed by atoms with Gasteiger partial charge in [0.2, 0.25) is 11.8 Å². The molecule has 1 aromatic rings. The van der Waals surface area contributed by atoms with Gasteiger partial charge in [0.15, 0.2) is 0 Å². The Morgan fingerprint density at radius 1 is 0.706 bits per heavy atom. The van der Waals surface area contributed by atoms with Crippen molar-refractivity contribution < 1.29 is 23.9 Å². The molecule has 0 spiro atoms. The Morgan fingerprint density at radius 3 is 1.88 bits per heavy atom. The average molecular weight is 471 g/mol. The number of nitrogens with zero attached hydrogens (tertiary/aromatic N) is 4. The summed E-state index contributed by atoms with van der Waals surface area (Å²) in [5.74, 6) is -0.0606. The quantitative estimate of drug-likeness (QED) is 0.599.